The molecule has 2 rings (SSSR count). The van der Waals surface area contributed by atoms with Crippen LogP contribution in [-0.4, -0.2) is 43.3 Å². The Morgan fingerprint density at radius 3 is 2.76 bits per heavy atom. The van der Waals surface area contributed by atoms with E-state index in [1.807, 2.05) is 6.07 Å². The topological polar surface area (TPSA) is 65.0 Å². The zero-order valence-electron chi connectivity index (χ0n) is 9.41. The zero-order chi connectivity index (χ0) is 12.3. The third kappa shape index (κ3) is 2.63. The first-order valence-electron chi connectivity index (χ1n) is 5.31. The maximum absolute atomic E-state index is 11.8. The largest absolute Gasteiger partial charge is 0.450 e. The lowest BCUT2D eigenvalue weighted by molar-refractivity contribution is -0.137. The molecule has 0 spiro atoms. The molecule has 0 amide bonds. The molecule has 0 bridgehead atoms. The van der Waals surface area contributed by atoms with E-state index in [-0.39, 0.29) is 6.61 Å². The van der Waals surface area contributed by atoms with Crippen LogP contribution in [0.3, 0.4) is 0 Å². The van der Waals surface area contributed by atoms with Crippen molar-refractivity contribution in [3.05, 3.63) is 35.9 Å². The van der Waals surface area contributed by atoms with Gasteiger partial charge in [0.1, 0.15) is 6.10 Å². The molecule has 1 N–H and O–H groups in total. The normalized spacial score (nSPS) is 28.0. The monoisotopic (exact) mass is 238 g/mol. The number of hydrogen-bond acceptors (Lipinski definition) is 5. The van der Waals surface area contributed by atoms with Crippen LogP contribution < -0.4 is 0 Å². The highest BCUT2D eigenvalue weighted by atomic mass is 16.7. The van der Waals surface area contributed by atoms with Crippen LogP contribution in [0.25, 0.3) is 0 Å². The summed E-state index contributed by atoms with van der Waals surface area (Å²) in [6.07, 6.45) is -2.35. The van der Waals surface area contributed by atoms with Gasteiger partial charge in [-0.2, -0.15) is 0 Å². The van der Waals surface area contributed by atoms with Crippen molar-refractivity contribution < 1.29 is 24.1 Å². The Morgan fingerprint density at radius 2 is 2.12 bits per heavy atom. The summed E-state index contributed by atoms with van der Waals surface area (Å²) in [6, 6.07) is 8.58. The molecule has 0 radical (unpaired) electrons. The predicted molar refractivity (Wildman–Crippen MR) is 58.4 cm³/mol. The molecule has 0 aliphatic carbocycles. The summed E-state index contributed by atoms with van der Waals surface area (Å²) in [7, 11) is 1.44. The summed E-state index contributed by atoms with van der Waals surface area (Å²) in [5, 5.41) is 9.60. The lowest BCUT2D eigenvalue weighted by Gasteiger charge is -2.19. The van der Waals surface area contributed by atoms with E-state index in [1.165, 1.54) is 7.11 Å². The standard InChI is InChI=1S/C12H14O5/c1-15-12-10(9(13)7-16-12)17-11(14)8-5-3-2-4-6-8/h2-6,9-10,12-13H,7H2,1H3/t9-,10+,12?/m0/s1. The van der Waals surface area contributed by atoms with E-state index >= 15 is 0 Å². The highest BCUT2D eigenvalue weighted by Crippen LogP contribution is 2.19. The van der Waals surface area contributed by atoms with Crippen LogP contribution in [0.2, 0.25) is 0 Å². The van der Waals surface area contributed by atoms with Crippen LogP contribution in [0, 0.1) is 0 Å². The quantitative estimate of drug-likeness (QED) is 0.780. The molecule has 1 aliphatic rings. The van der Waals surface area contributed by atoms with Crippen LogP contribution in [0.5, 0.6) is 0 Å². The van der Waals surface area contributed by atoms with Gasteiger partial charge in [0.25, 0.3) is 0 Å². The molecule has 1 aliphatic heterocycles. The van der Waals surface area contributed by atoms with Crippen LogP contribution in [0.1, 0.15) is 10.4 Å². The average Bonchev–Trinajstić information content (AvgIpc) is 2.71. The fraction of sp³-hybridized carbons (Fsp3) is 0.417. The van der Waals surface area contributed by atoms with Gasteiger partial charge in [0.15, 0.2) is 12.4 Å². The molecule has 1 heterocycles. The molecule has 1 aromatic rings. The first-order chi connectivity index (χ1) is 8.22. The Morgan fingerprint density at radius 1 is 1.41 bits per heavy atom. The van der Waals surface area contributed by atoms with Crippen LogP contribution in [0.4, 0.5) is 0 Å². The fourth-order valence-electron chi connectivity index (χ4n) is 1.67. The molecule has 3 atom stereocenters. The highest BCUT2D eigenvalue weighted by molar-refractivity contribution is 5.89. The first kappa shape index (κ1) is 12.0. The van der Waals surface area contributed by atoms with Gasteiger partial charge in [-0.3, -0.25) is 0 Å². The highest BCUT2D eigenvalue weighted by Gasteiger charge is 2.39. The summed E-state index contributed by atoms with van der Waals surface area (Å²) >= 11 is 0. The molecule has 5 nitrogen and oxygen atoms in total. The van der Waals surface area contributed by atoms with Crippen molar-refractivity contribution in [1.82, 2.24) is 0 Å². The second-order valence-electron chi connectivity index (χ2n) is 3.74. The van der Waals surface area contributed by atoms with Gasteiger partial charge >= 0.3 is 5.97 Å². The minimum absolute atomic E-state index is 0.102. The molecule has 0 aromatic heterocycles. The lowest BCUT2D eigenvalue weighted by atomic mass is 10.2. The SMILES string of the molecule is COC1OC[C@H](O)[C@H]1OC(=O)c1ccccc1. The van der Waals surface area contributed by atoms with Gasteiger partial charge in [-0.25, -0.2) is 4.79 Å². The van der Waals surface area contributed by atoms with Crippen molar-refractivity contribution in [2.45, 2.75) is 18.5 Å². The molecule has 92 valence electrons. The maximum Gasteiger partial charge on any atom is 0.338 e. The minimum atomic E-state index is -0.854. The average molecular weight is 238 g/mol. The van der Waals surface area contributed by atoms with Gasteiger partial charge in [-0.1, -0.05) is 18.2 Å². The van der Waals surface area contributed by atoms with E-state index < -0.39 is 24.5 Å². The van der Waals surface area contributed by atoms with E-state index in [0.29, 0.717) is 5.56 Å². The van der Waals surface area contributed by atoms with E-state index in [0.717, 1.165) is 0 Å². The number of hydrogen-bond donors (Lipinski definition) is 1. The molecule has 1 unspecified atom stereocenters. The summed E-state index contributed by atoms with van der Waals surface area (Å²) in [5.41, 5.74) is 0.432. The van der Waals surface area contributed by atoms with E-state index in [1.54, 1.807) is 24.3 Å². The Hall–Kier alpha value is -1.43. The summed E-state index contributed by atoms with van der Waals surface area (Å²) in [6.45, 7) is 0.102. The van der Waals surface area contributed by atoms with Crippen LogP contribution >= 0.6 is 0 Å². The smallest absolute Gasteiger partial charge is 0.338 e. The van der Waals surface area contributed by atoms with Crippen molar-refractivity contribution in [2.75, 3.05) is 13.7 Å². The number of benzene rings is 1. The number of rotatable bonds is 3. The first-order valence-corrected chi connectivity index (χ1v) is 5.31. The molecular formula is C12H14O5. The van der Waals surface area contributed by atoms with Gasteiger partial charge < -0.3 is 19.3 Å². The number of ether oxygens (including phenoxy) is 3. The Labute approximate surface area is 98.9 Å². The van der Waals surface area contributed by atoms with Gasteiger partial charge in [-0.15, -0.1) is 0 Å². The second-order valence-corrected chi connectivity index (χ2v) is 3.74. The summed E-state index contributed by atoms with van der Waals surface area (Å²) < 4.78 is 15.3. The molecule has 17 heavy (non-hydrogen) atoms. The molecule has 0 saturated carbocycles. The van der Waals surface area contributed by atoms with E-state index in [4.69, 9.17) is 14.2 Å². The van der Waals surface area contributed by atoms with Crippen LogP contribution in [-0.2, 0) is 14.2 Å². The number of aliphatic hydroxyl groups excluding tert-OH is 1. The number of esters is 1. The van der Waals surface area contributed by atoms with Crippen molar-refractivity contribution in [1.29, 1.82) is 0 Å². The van der Waals surface area contributed by atoms with E-state index in [2.05, 4.69) is 0 Å². The summed E-state index contributed by atoms with van der Waals surface area (Å²) in [5.74, 6) is -0.498. The Kier molecular flexibility index (Phi) is 3.73. The second kappa shape index (κ2) is 5.27. The van der Waals surface area contributed by atoms with Gasteiger partial charge in [0, 0.05) is 7.11 Å². The van der Waals surface area contributed by atoms with Gasteiger partial charge in [0.05, 0.1) is 12.2 Å². The van der Waals surface area contributed by atoms with Crippen molar-refractivity contribution >= 4 is 5.97 Å². The number of carbonyl (C=O) groups is 1. The van der Waals surface area contributed by atoms with Gasteiger partial charge in [-0.05, 0) is 12.1 Å². The molecule has 1 fully saturated rings. The van der Waals surface area contributed by atoms with Crippen molar-refractivity contribution in [3.63, 3.8) is 0 Å². The van der Waals surface area contributed by atoms with Crippen molar-refractivity contribution in [3.8, 4) is 0 Å². The third-order valence-electron chi connectivity index (χ3n) is 2.56. The third-order valence-corrected chi connectivity index (χ3v) is 2.56. The number of methoxy groups -OCH3 is 1. The Balaban J connectivity index is 2.03. The zero-order valence-corrected chi connectivity index (χ0v) is 9.41. The molecule has 1 saturated heterocycles. The molecular weight excluding hydrogens is 224 g/mol. The van der Waals surface area contributed by atoms with Gasteiger partial charge in [0.2, 0.25) is 0 Å². The Bertz CT molecular complexity index is 378. The fourth-order valence-corrected chi connectivity index (χ4v) is 1.67. The molecule has 5 heteroatoms. The van der Waals surface area contributed by atoms with Crippen molar-refractivity contribution in [2.24, 2.45) is 0 Å². The summed E-state index contributed by atoms with van der Waals surface area (Å²) in [4.78, 5) is 11.8. The van der Waals surface area contributed by atoms with E-state index in [9.17, 15) is 9.90 Å². The van der Waals surface area contributed by atoms with Crippen LogP contribution in [0.15, 0.2) is 30.3 Å². The minimum Gasteiger partial charge on any atom is -0.450 e. The molecule has 1 aromatic carbocycles. The predicted octanol–water partition coefficient (Wildman–Crippen LogP) is 0.576. The lowest BCUT2D eigenvalue weighted by Crippen LogP contribution is -2.36. The number of aliphatic hydroxyl groups is 1. The maximum atomic E-state index is 11.8. The number of carbonyl (C=O) groups excluding carboxylic acids is 1.